The Hall–Kier alpha value is -4.33. The van der Waals surface area contributed by atoms with Gasteiger partial charge >= 0.3 is 0 Å². The normalized spacial score (nSPS) is 10.8. The first-order chi connectivity index (χ1) is 14.8. The van der Waals surface area contributed by atoms with Crippen LogP contribution in [0.1, 0.15) is 0 Å². The fourth-order valence-corrected chi connectivity index (χ4v) is 3.14. The maximum Gasteiger partial charge on any atom is 0.190 e. The summed E-state index contributed by atoms with van der Waals surface area (Å²) in [5.74, 6) is 0.603. The second kappa shape index (κ2) is 7.59. The molecule has 0 atom stereocenters. The lowest BCUT2D eigenvalue weighted by Gasteiger charge is -2.11. The minimum Gasteiger partial charge on any atom is -0.265 e. The van der Waals surface area contributed by atoms with Gasteiger partial charge in [0.2, 0.25) is 0 Å². The topological polar surface area (TPSA) is 82.3 Å². The van der Waals surface area contributed by atoms with Gasteiger partial charge in [-0.15, -0.1) is 5.10 Å². The predicted octanol–water partition coefficient (Wildman–Crippen LogP) is 3.99. The standard InChI is InChI=1S/C22H14FN7/c23-17-6-4-5-16(13-17)20-19(14-25-21(26-20)15-9-11-24-12-10-15)22-27-28-29-30(22)18-7-2-1-3-8-18/h1-14H. The number of benzene rings is 2. The lowest BCUT2D eigenvalue weighted by molar-refractivity contribution is 0.628. The molecule has 3 aromatic heterocycles. The van der Waals surface area contributed by atoms with E-state index in [1.807, 2.05) is 42.5 Å². The van der Waals surface area contributed by atoms with E-state index in [0.29, 0.717) is 28.5 Å². The number of rotatable bonds is 4. The molecule has 0 aliphatic carbocycles. The lowest BCUT2D eigenvalue weighted by atomic mass is 10.1. The second-order valence-electron chi connectivity index (χ2n) is 6.45. The maximum absolute atomic E-state index is 14.0. The number of aromatic nitrogens is 7. The van der Waals surface area contributed by atoms with E-state index in [0.717, 1.165) is 11.3 Å². The molecule has 0 fully saturated rings. The van der Waals surface area contributed by atoms with E-state index >= 15 is 0 Å². The quantitative estimate of drug-likeness (QED) is 0.458. The smallest absolute Gasteiger partial charge is 0.190 e. The third-order valence-corrected chi connectivity index (χ3v) is 4.54. The van der Waals surface area contributed by atoms with Crippen LogP contribution in [-0.2, 0) is 0 Å². The molecule has 5 rings (SSSR count). The highest BCUT2D eigenvalue weighted by atomic mass is 19.1. The van der Waals surface area contributed by atoms with Crippen LogP contribution in [0, 0.1) is 5.82 Å². The highest BCUT2D eigenvalue weighted by Gasteiger charge is 2.19. The van der Waals surface area contributed by atoms with Crippen LogP contribution in [0.2, 0.25) is 0 Å². The van der Waals surface area contributed by atoms with Crippen LogP contribution in [-0.4, -0.2) is 35.2 Å². The number of hydrogen-bond acceptors (Lipinski definition) is 6. The molecule has 0 aliphatic heterocycles. The van der Waals surface area contributed by atoms with Crippen LogP contribution in [0.3, 0.4) is 0 Å². The largest absolute Gasteiger partial charge is 0.265 e. The molecule has 0 radical (unpaired) electrons. The Morgan fingerprint density at radius 1 is 0.833 bits per heavy atom. The van der Waals surface area contributed by atoms with Crippen molar-refractivity contribution >= 4 is 0 Å². The summed E-state index contributed by atoms with van der Waals surface area (Å²) in [6.45, 7) is 0. The monoisotopic (exact) mass is 395 g/mol. The summed E-state index contributed by atoms with van der Waals surface area (Å²) in [6.07, 6.45) is 5.00. The van der Waals surface area contributed by atoms with Crippen molar-refractivity contribution < 1.29 is 4.39 Å². The number of pyridine rings is 1. The van der Waals surface area contributed by atoms with Crippen molar-refractivity contribution in [2.45, 2.75) is 0 Å². The van der Waals surface area contributed by atoms with Crippen LogP contribution in [0.15, 0.2) is 85.3 Å². The second-order valence-corrected chi connectivity index (χ2v) is 6.45. The third kappa shape index (κ3) is 3.30. The molecule has 0 aliphatic rings. The van der Waals surface area contributed by atoms with Crippen molar-refractivity contribution in [2.24, 2.45) is 0 Å². The summed E-state index contributed by atoms with van der Waals surface area (Å²) in [4.78, 5) is 13.3. The van der Waals surface area contributed by atoms with Gasteiger partial charge in [-0.1, -0.05) is 30.3 Å². The molecule has 144 valence electrons. The molecule has 3 heterocycles. The number of tetrazole rings is 1. The zero-order valence-electron chi connectivity index (χ0n) is 15.6. The highest BCUT2D eigenvalue weighted by Crippen LogP contribution is 2.31. The molecular formula is C22H14FN7. The van der Waals surface area contributed by atoms with Gasteiger partial charge in [0.25, 0.3) is 0 Å². The Kier molecular flexibility index (Phi) is 4.49. The number of hydrogen-bond donors (Lipinski definition) is 0. The molecule has 7 nitrogen and oxygen atoms in total. The van der Waals surface area contributed by atoms with E-state index in [-0.39, 0.29) is 5.82 Å². The Balaban J connectivity index is 1.73. The zero-order chi connectivity index (χ0) is 20.3. The average molecular weight is 395 g/mol. The van der Waals surface area contributed by atoms with Gasteiger partial charge in [0, 0.05) is 29.7 Å². The minimum atomic E-state index is -0.356. The molecule has 30 heavy (non-hydrogen) atoms. The van der Waals surface area contributed by atoms with Crippen molar-refractivity contribution in [1.82, 2.24) is 35.2 Å². The number of halogens is 1. The van der Waals surface area contributed by atoms with E-state index in [9.17, 15) is 4.39 Å². The van der Waals surface area contributed by atoms with E-state index in [4.69, 9.17) is 4.98 Å². The van der Waals surface area contributed by atoms with Gasteiger partial charge in [0.15, 0.2) is 11.6 Å². The van der Waals surface area contributed by atoms with E-state index in [2.05, 4.69) is 25.5 Å². The average Bonchev–Trinajstić information content (AvgIpc) is 3.30. The van der Waals surface area contributed by atoms with Crippen molar-refractivity contribution in [3.8, 4) is 39.7 Å². The summed E-state index contributed by atoms with van der Waals surface area (Å²) < 4.78 is 15.6. The zero-order valence-corrected chi connectivity index (χ0v) is 15.6. The van der Waals surface area contributed by atoms with E-state index < -0.39 is 0 Å². The van der Waals surface area contributed by atoms with E-state index in [1.54, 1.807) is 35.4 Å². The number of para-hydroxylation sites is 1. The van der Waals surface area contributed by atoms with Gasteiger partial charge in [0.05, 0.1) is 16.9 Å². The third-order valence-electron chi connectivity index (χ3n) is 4.54. The fourth-order valence-electron chi connectivity index (χ4n) is 3.14. The Labute approximate surface area is 170 Å². The van der Waals surface area contributed by atoms with Crippen molar-refractivity contribution in [1.29, 1.82) is 0 Å². The molecule has 0 saturated carbocycles. The van der Waals surface area contributed by atoms with Crippen LogP contribution < -0.4 is 0 Å². The summed E-state index contributed by atoms with van der Waals surface area (Å²) in [5, 5.41) is 12.1. The van der Waals surface area contributed by atoms with Gasteiger partial charge in [-0.2, -0.15) is 4.68 Å². The maximum atomic E-state index is 14.0. The summed E-state index contributed by atoms with van der Waals surface area (Å²) in [6, 6.07) is 19.4. The highest BCUT2D eigenvalue weighted by molar-refractivity contribution is 5.79. The van der Waals surface area contributed by atoms with Crippen LogP contribution in [0.25, 0.3) is 39.7 Å². The summed E-state index contributed by atoms with van der Waals surface area (Å²) in [5.41, 5.74) is 3.32. The first-order valence-electron chi connectivity index (χ1n) is 9.17. The number of nitrogens with zero attached hydrogens (tertiary/aromatic N) is 7. The molecule has 0 unspecified atom stereocenters. The predicted molar refractivity (Wildman–Crippen MR) is 109 cm³/mol. The molecule has 8 heteroatoms. The van der Waals surface area contributed by atoms with Crippen LogP contribution in [0.5, 0.6) is 0 Å². The van der Waals surface area contributed by atoms with Gasteiger partial charge in [-0.05, 0) is 46.8 Å². The van der Waals surface area contributed by atoms with Crippen molar-refractivity contribution in [3.05, 3.63) is 91.1 Å². The fraction of sp³-hybridized carbons (Fsp3) is 0. The van der Waals surface area contributed by atoms with Crippen molar-refractivity contribution in [3.63, 3.8) is 0 Å². The van der Waals surface area contributed by atoms with Gasteiger partial charge in [-0.3, -0.25) is 4.98 Å². The molecule has 0 amide bonds. The molecule has 0 spiro atoms. The van der Waals surface area contributed by atoms with Gasteiger partial charge in [0.1, 0.15) is 5.82 Å². The molecule has 0 N–H and O–H groups in total. The van der Waals surface area contributed by atoms with Crippen LogP contribution in [0.4, 0.5) is 4.39 Å². The molecular weight excluding hydrogens is 381 g/mol. The lowest BCUT2D eigenvalue weighted by Crippen LogP contribution is -2.03. The minimum absolute atomic E-state index is 0.356. The van der Waals surface area contributed by atoms with E-state index in [1.165, 1.54) is 12.1 Å². The Bertz CT molecular complexity index is 1300. The van der Waals surface area contributed by atoms with Crippen LogP contribution >= 0.6 is 0 Å². The SMILES string of the molecule is Fc1cccc(-c2nc(-c3ccncc3)ncc2-c2nnnn2-c2ccccc2)c1. The Morgan fingerprint density at radius 3 is 2.47 bits per heavy atom. The first kappa shape index (κ1) is 17.7. The Morgan fingerprint density at radius 2 is 1.67 bits per heavy atom. The summed E-state index contributed by atoms with van der Waals surface area (Å²) in [7, 11) is 0. The molecule has 0 saturated heterocycles. The molecule has 5 aromatic rings. The summed E-state index contributed by atoms with van der Waals surface area (Å²) >= 11 is 0. The van der Waals surface area contributed by atoms with Gasteiger partial charge in [-0.25, -0.2) is 14.4 Å². The van der Waals surface area contributed by atoms with Gasteiger partial charge < -0.3 is 0 Å². The molecule has 2 aromatic carbocycles. The molecule has 0 bridgehead atoms. The van der Waals surface area contributed by atoms with Crippen molar-refractivity contribution in [2.75, 3.05) is 0 Å². The first-order valence-corrected chi connectivity index (χ1v) is 9.17.